The molecule has 2 heterocycles. The Morgan fingerprint density at radius 2 is 0.436 bits per heavy atom. The zero-order valence-electron chi connectivity index (χ0n) is 51.7. The predicted octanol–water partition coefficient (Wildman–Crippen LogP) is 24.7. The van der Waals surface area contributed by atoms with Crippen molar-refractivity contribution in [3.8, 4) is 22.5 Å². The van der Waals surface area contributed by atoms with Crippen LogP contribution in [-0.4, -0.2) is 9.13 Å². The smallest absolute Gasteiger partial charge is 0.0542 e. The Morgan fingerprint density at radius 1 is 0.202 bits per heavy atom. The number of hydrogen-bond donors (Lipinski definition) is 0. The van der Waals surface area contributed by atoms with Gasteiger partial charge in [-0.2, -0.15) is 0 Å². The maximum absolute atomic E-state index is 4.01. The Hall–Kier alpha value is -12.6. The third-order valence-electron chi connectivity index (χ3n) is 18.0. The topological polar surface area (TPSA) is 22.8 Å². The molecule has 0 spiro atoms. The maximum atomic E-state index is 4.01. The van der Waals surface area contributed by atoms with E-state index in [1.807, 2.05) is 12.2 Å². The summed E-state index contributed by atoms with van der Waals surface area (Å²) in [5.74, 6) is 0. The normalized spacial score (nSPS) is 11.3. The molecular formula is C88H64N6. The lowest BCUT2D eigenvalue weighted by Crippen LogP contribution is -2.12. The number of benzene rings is 14. The summed E-state index contributed by atoms with van der Waals surface area (Å²) >= 11 is 0. The molecule has 0 saturated heterocycles. The van der Waals surface area contributed by atoms with Gasteiger partial charge in [0, 0.05) is 101 Å². The summed E-state index contributed by atoms with van der Waals surface area (Å²) in [7, 11) is 0. The lowest BCUT2D eigenvalue weighted by molar-refractivity contribution is 1.18. The molecule has 0 saturated carbocycles. The minimum atomic E-state index is 1.04. The van der Waals surface area contributed by atoms with Crippen molar-refractivity contribution in [3.63, 3.8) is 0 Å². The number of nitrogens with zero attached hydrogens (tertiary/aromatic N) is 6. The fourth-order valence-corrected chi connectivity index (χ4v) is 13.5. The first-order chi connectivity index (χ1) is 46.5. The summed E-state index contributed by atoms with van der Waals surface area (Å²) in [6.07, 6.45) is 3.78. The van der Waals surface area contributed by atoms with Gasteiger partial charge in [0.25, 0.3) is 0 Å². The van der Waals surface area contributed by atoms with Gasteiger partial charge in [-0.3, -0.25) is 0 Å². The van der Waals surface area contributed by atoms with Crippen molar-refractivity contribution >= 4 is 124 Å². The molecule has 16 rings (SSSR count). The molecule has 6 nitrogen and oxygen atoms in total. The quantitative estimate of drug-likeness (QED) is 0.0906. The highest BCUT2D eigenvalue weighted by molar-refractivity contribution is 6.12. The van der Waals surface area contributed by atoms with Crippen LogP contribution in [0.3, 0.4) is 0 Å². The van der Waals surface area contributed by atoms with Crippen LogP contribution in [-0.2, 0) is 0 Å². The van der Waals surface area contributed by atoms with Gasteiger partial charge in [0.05, 0.1) is 22.1 Å². The Bertz CT molecular complexity index is 4930. The maximum Gasteiger partial charge on any atom is 0.0542 e. The molecule has 16 aromatic rings. The van der Waals surface area contributed by atoms with Crippen molar-refractivity contribution < 1.29 is 0 Å². The van der Waals surface area contributed by atoms with Crippen LogP contribution in [0.1, 0.15) is 11.1 Å². The van der Waals surface area contributed by atoms with E-state index in [1.165, 1.54) is 21.5 Å². The number of rotatable bonds is 17. The molecule has 0 N–H and O–H groups in total. The van der Waals surface area contributed by atoms with Gasteiger partial charge in [0.1, 0.15) is 0 Å². The Labute approximate surface area is 548 Å². The van der Waals surface area contributed by atoms with Gasteiger partial charge >= 0.3 is 0 Å². The van der Waals surface area contributed by atoms with E-state index >= 15 is 0 Å². The van der Waals surface area contributed by atoms with Gasteiger partial charge in [0.2, 0.25) is 0 Å². The van der Waals surface area contributed by atoms with Crippen LogP contribution in [0.25, 0.3) is 78.3 Å². The average molecular weight is 1210 g/mol. The summed E-state index contributed by atoms with van der Waals surface area (Å²) < 4.78 is 4.74. The van der Waals surface area contributed by atoms with Gasteiger partial charge < -0.3 is 28.7 Å². The highest BCUT2D eigenvalue weighted by atomic mass is 15.2. The fourth-order valence-electron chi connectivity index (χ4n) is 13.5. The molecule has 94 heavy (non-hydrogen) atoms. The van der Waals surface area contributed by atoms with Gasteiger partial charge in [-0.05, 0) is 216 Å². The molecule has 446 valence electrons. The second kappa shape index (κ2) is 24.6. The van der Waals surface area contributed by atoms with Gasteiger partial charge in [-0.15, -0.1) is 0 Å². The minimum absolute atomic E-state index is 1.04. The summed E-state index contributed by atoms with van der Waals surface area (Å²) in [5, 5.41) is 4.72. The molecule has 0 aliphatic rings. The molecule has 0 amide bonds. The lowest BCUT2D eigenvalue weighted by atomic mass is 10.0. The van der Waals surface area contributed by atoms with Crippen LogP contribution in [0, 0.1) is 0 Å². The number of fused-ring (bicyclic) bond motifs is 6. The largest absolute Gasteiger partial charge is 0.311 e. The molecule has 0 fully saturated rings. The van der Waals surface area contributed by atoms with Crippen LogP contribution in [0.15, 0.2) is 365 Å². The van der Waals surface area contributed by atoms with Gasteiger partial charge in [0.15, 0.2) is 0 Å². The molecule has 0 aliphatic carbocycles. The molecule has 0 unspecified atom stereocenters. The Morgan fingerprint density at radius 3 is 0.734 bits per heavy atom. The summed E-state index contributed by atoms with van der Waals surface area (Å²) in [6, 6.07) is 127. The molecule has 0 aliphatic heterocycles. The van der Waals surface area contributed by atoms with Crippen LogP contribution in [0.2, 0.25) is 0 Å². The molecule has 0 bridgehead atoms. The first-order valence-corrected chi connectivity index (χ1v) is 31.9. The van der Waals surface area contributed by atoms with Crippen LogP contribution < -0.4 is 19.6 Å². The van der Waals surface area contributed by atoms with Crippen molar-refractivity contribution in [3.05, 3.63) is 376 Å². The molecule has 0 atom stereocenters. The summed E-state index contributed by atoms with van der Waals surface area (Å²) in [4.78, 5) is 9.37. The van der Waals surface area contributed by atoms with E-state index in [-0.39, 0.29) is 0 Å². The number of hydrogen-bond acceptors (Lipinski definition) is 4. The van der Waals surface area contributed by atoms with E-state index in [0.717, 1.165) is 124 Å². The molecule has 6 heteroatoms. The molecule has 14 aromatic carbocycles. The molecular weight excluding hydrogens is 1140 g/mol. The predicted molar refractivity (Wildman–Crippen MR) is 399 cm³/mol. The van der Waals surface area contributed by atoms with E-state index in [2.05, 4.69) is 394 Å². The average Bonchev–Trinajstić information content (AvgIpc) is 1.60. The first-order valence-electron chi connectivity index (χ1n) is 31.9. The summed E-state index contributed by atoms with van der Waals surface area (Å²) in [5.41, 5.74) is 23.9. The van der Waals surface area contributed by atoms with Crippen molar-refractivity contribution in [1.29, 1.82) is 0 Å². The van der Waals surface area contributed by atoms with E-state index in [4.69, 9.17) is 0 Å². The number of anilines is 12. The van der Waals surface area contributed by atoms with E-state index in [1.54, 1.807) is 0 Å². The van der Waals surface area contributed by atoms with Crippen LogP contribution >= 0.6 is 0 Å². The Balaban J connectivity index is 0.787. The third-order valence-corrected chi connectivity index (χ3v) is 18.0. The van der Waals surface area contributed by atoms with Crippen molar-refractivity contribution in [2.45, 2.75) is 0 Å². The van der Waals surface area contributed by atoms with E-state index in [0.29, 0.717) is 0 Å². The standard InChI is InChI=1S/C88H64N6/c1-3-63-33-41-77(42-34-63)93-85-31-19-17-29-81(85)83-61-79(57-59-87(83)93)91(75-53-49-73(50-54-75)89(67-21-9-5-10-22-67)68-23-11-6-12-24-68)71-45-37-65(38-46-71)66-39-47-72(48-40-66)92(76-55-51-74(52-56-76)90(69-25-13-7-14-26-69)70-27-15-8-16-28-70)80-58-60-88-84(62-80)82-30-18-20-32-86(82)94(88)78-43-35-64(4-2)36-44-78/h3-62H,1-2H2. The second-order valence-electron chi connectivity index (χ2n) is 23.5. The molecule has 0 radical (unpaired) electrons. The lowest BCUT2D eigenvalue weighted by Gasteiger charge is -2.29. The fraction of sp³-hybridized carbons (Fsp3) is 0. The number of para-hydroxylation sites is 6. The minimum Gasteiger partial charge on any atom is -0.311 e. The monoisotopic (exact) mass is 1200 g/mol. The van der Waals surface area contributed by atoms with Crippen molar-refractivity contribution in [2.75, 3.05) is 19.6 Å². The van der Waals surface area contributed by atoms with Crippen molar-refractivity contribution in [1.82, 2.24) is 9.13 Å². The zero-order chi connectivity index (χ0) is 62.9. The highest BCUT2D eigenvalue weighted by Gasteiger charge is 2.22. The van der Waals surface area contributed by atoms with E-state index in [9.17, 15) is 0 Å². The first kappa shape index (κ1) is 56.6. The van der Waals surface area contributed by atoms with Gasteiger partial charge in [-0.25, -0.2) is 0 Å². The van der Waals surface area contributed by atoms with E-state index < -0.39 is 0 Å². The van der Waals surface area contributed by atoms with Crippen LogP contribution in [0.4, 0.5) is 68.2 Å². The SMILES string of the molecule is C=Cc1ccc(-n2c3ccccc3c3cc(N(c4ccc(-c5ccc(N(c6ccc(N(c7ccccc7)c7ccccc7)cc6)c6ccc7c(c6)c6ccccc6n7-c6ccc(C=C)cc6)cc5)cc4)c4ccc(N(c5ccccc5)c5ccccc5)cc4)ccc32)cc1. The zero-order valence-corrected chi connectivity index (χ0v) is 51.7. The number of aromatic nitrogens is 2. The Kier molecular flexibility index (Phi) is 14.8. The summed E-state index contributed by atoms with van der Waals surface area (Å²) in [6.45, 7) is 8.02. The molecule has 2 aromatic heterocycles. The van der Waals surface area contributed by atoms with Crippen molar-refractivity contribution in [2.24, 2.45) is 0 Å². The highest BCUT2D eigenvalue weighted by Crippen LogP contribution is 2.45. The second-order valence-corrected chi connectivity index (χ2v) is 23.5. The van der Waals surface area contributed by atoms with Gasteiger partial charge in [-0.1, -0.05) is 183 Å². The third kappa shape index (κ3) is 10.5. The van der Waals surface area contributed by atoms with Crippen LogP contribution in [0.5, 0.6) is 0 Å².